The SMILES string of the molecule is CC1NNC(C)C1CCC(=O)Nc1n[nH]c(CCC2CCCC2)n1. The van der Waals surface area contributed by atoms with Gasteiger partial charge in [0.15, 0.2) is 0 Å². The number of hydrogen-bond donors (Lipinski definition) is 4. The van der Waals surface area contributed by atoms with E-state index in [1.54, 1.807) is 0 Å². The van der Waals surface area contributed by atoms with E-state index in [9.17, 15) is 4.79 Å². The van der Waals surface area contributed by atoms with Crippen molar-refractivity contribution in [2.24, 2.45) is 11.8 Å². The van der Waals surface area contributed by atoms with Gasteiger partial charge in [-0.25, -0.2) is 0 Å². The van der Waals surface area contributed by atoms with Crippen LogP contribution in [0.25, 0.3) is 0 Å². The lowest BCUT2D eigenvalue weighted by Gasteiger charge is -2.16. The van der Waals surface area contributed by atoms with Crippen LogP contribution in [0, 0.1) is 11.8 Å². The number of hydrogen-bond acceptors (Lipinski definition) is 5. The number of nitrogens with zero attached hydrogens (tertiary/aromatic N) is 2. The Morgan fingerprint density at radius 1 is 1.17 bits per heavy atom. The highest BCUT2D eigenvalue weighted by molar-refractivity contribution is 5.88. The van der Waals surface area contributed by atoms with Gasteiger partial charge < -0.3 is 0 Å². The molecule has 1 aromatic rings. The summed E-state index contributed by atoms with van der Waals surface area (Å²) in [7, 11) is 0. The van der Waals surface area contributed by atoms with E-state index >= 15 is 0 Å². The second kappa shape index (κ2) is 8.07. The standard InChI is InChI=1S/C17H30N6O/c1-11-14(12(2)21-20-11)8-10-16(24)19-17-18-15(22-23-17)9-7-13-5-3-4-6-13/h11-14,20-21H,3-10H2,1-2H3,(H2,18,19,22,23,24). The molecule has 1 aliphatic heterocycles. The van der Waals surface area contributed by atoms with Gasteiger partial charge in [0.05, 0.1) is 0 Å². The Kier molecular flexibility index (Phi) is 5.84. The molecule has 1 aliphatic carbocycles. The first-order valence-corrected chi connectivity index (χ1v) is 9.34. The van der Waals surface area contributed by atoms with Gasteiger partial charge in [0.2, 0.25) is 11.9 Å². The van der Waals surface area contributed by atoms with Gasteiger partial charge in [0.25, 0.3) is 0 Å². The molecule has 3 rings (SSSR count). The number of carbonyl (C=O) groups is 1. The largest absolute Gasteiger partial charge is 0.293 e. The zero-order valence-electron chi connectivity index (χ0n) is 14.8. The molecule has 24 heavy (non-hydrogen) atoms. The van der Waals surface area contributed by atoms with Crippen molar-refractivity contribution in [1.82, 2.24) is 26.0 Å². The minimum Gasteiger partial charge on any atom is -0.293 e. The number of amides is 1. The van der Waals surface area contributed by atoms with Crippen molar-refractivity contribution < 1.29 is 4.79 Å². The molecule has 0 bridgehead atoms. The van der Waals surface area contributed by atoms with Crippen LogP contribution in [0.3, 0.4) is 0 Å². The summed E-state index contributed by atoms with van der Waals surface area (Å²) in [6.07, 6.45) is 8.86. The number of rotatable bonds is 7. The van der Waals surface area contributed by atoms with Crippen LogP contribution in [0.1, 0.15) is 64.6 Å². The second-order valence-corrected chi connectivity index (χ2v) is 7.41. The lowest BCUT2D eigenvalue weighted by molar-refractivity contribution is -0.116. The van der Waals surface area contributed by atoms with Gasteiger partial charge in [0.1, 0.15) is 5.82 Å². The molecule has 4 N–H and O–H groups in total. The van der Waals surface area contributed by atoms with Crippen LogP contribution >= 0.6 is 0 Å². The fourth-order valence-electron chi connectivity index (χ4n) is 4.00. The number of aromatic amines is 1. The summed E-state index contributed by atoms with van der Waals surface area (Å²) in [6.45, 7) is 4.29. The van der Waals surface area contributed by atoms with Gasteiger partial charge in [-0.05, 0) is 38.5 Å². The van der Waals surface area contributed by atoms with Crippen LogP contribution in [0.4, 0.5) is 5.95 Å². The molecule has 2 aliphatic rings. The third kappa shape index (κ3) is 4.54. The third-order valence-corrected chi connectivity index (χ3v) is 5.57. The van der Waals surface area contributed by atoms with E-state index in [0.717, 1.165) is 24.6 Å². The van der Waals surface area contributed by atoms with E-state index in [4.69, 9.17) is 0 Å². The van der Waals surface area contributed by atoms with Crippen LogP contribution in [0.2, 0.25) is 0 Å². The molecule has 134 valence electrons. The predicted molar refractivity (Wildman–Crippen MR) is 93.2 cm³/mol. The van der Waals surface area contributed by atoms with E-state index < -0.39 is 0 Å². The molecule has 1 saturated carbocycles. The molecule has 1 aromatic heterocycles. The van der Waals surface area contributed by atoms with Gasteiger partial charge in [0, 0.05) is 24.9 Å². The fourth-order valence-corrected chi connectivity index (χ4v) is 4.00. The zero-order chi connectivity index (χ0) is 16.9. The van der Waals surface area contributed by atoms with Gasteiger partial charge in [-0.3, -0.25) is 26.1 Å². The van der Waals surface area contributed by atoms with Crippen molar-refractivity contribution in [2.45, 2.75) is 77.3 Å². The van der Waals surface area contributed by atoms with Crippen LogP contribution in [-0.4, -0.2) is 33.2 Å². The van der Waals surface area contributed by atoms with Crippen molar-refractivity contribution in [3.05, 3.63) is 5.82 Å². The molecule has 1 amide bonds. The summed E-state index contributed by atoms with van der Waals surface area (Å²) < 4.78 is 0. The Hall–Kier alpha value is -1.47. The van der Waals surface area contributed by atoms with Crippen LogP contribution < -0.4 is 16.2 Å². The Morgan fingerprint density at radius 2 is 1.88 bits per heavy atom. The Bertz CT molecular complexity index is 529. The molecule has 0 radical (unpaired) electrons. The molecule has 1 saturated heterocycles. The normalized spacial score (nSPS) is 27.7. The maximum atomic E-state index is 12.1. The summed E-state index contributed by atoms with van der Waals surface area (Å²) in [5, 5.41) is 9.88. The van der Waals surface area contributed by atoms with E-state index in [0.29, 0.717) is 30.4 Å². The predicted octanol–water partition coefficient (Wildman–Crippen LogP) is 2.15. The van der Waals surface area contributed by atoms with Gasteiger partial charge in [-0.1, -0.05) is 25.7 Å². The first-order chi connectivity index (χ1) is 11.6. The molecule has 7 heteroatoms. The lowest BCUT2D eigenvalue weighted by Crippen LogP contribution is -2.30. The van der Waals surface area contributed by atoms with Crippen molar-refractivity contribution in [1.29, 1.82) is 0 Å². The number of anilines is 1. The Balaban J connectivity index is 1.39. The monoisotopic (exact) mass is 334 g/mol. The molecular weight excluding hydrogens is 304 g/mol. The summed E-state index contributed by atoms with van der Waals surface area (Å²) in [5.41, 5.74) is 6.44. The average molecular weight is 334 g/mol. The summed E-state index contributed by atoms with van der Waals surface area (Å²) in [6, 6.07) is 0.775. The Morgan fingerprint density at radius 3 is 2.58 bits per heavy atom. The van der Waals surface area contributed by atoms with Gasteiger partial charge in [-0.15, -0.1) is 5.10 Å². The maximum Gasteiger partial charge on any atom is 0.248 e. The van der Waals surface area contributed by atoms with Crippen molar-refractivity contribution in [3.63, 3.8) is 0 Å². The topological polar surface area (TPSA) is 94.7 Å². The second-order valence-electron chi connectivity index (χ2n) is 7.41. The number of aryl methyl sites for hydroxylation is 1. The quantitative estimate of drug-likeness (QED) is 0.613. The van der Waals surface area contributed by atoms with Crippen LogP contribution in [0.5, 0.6) is 0 Å². The molecule has 0 spiro atoms. The first-order valence-electron chi connectivity index (χ1n) is 9.34. The number of hydrazine groups is 1. The highest BCUT2D eigenvalue weighted by Gasteiger charge is 2.29. The van der Waals surface area contributed by atoms with Crippen molar-refractivity contribution in [2.75, 3.05) is 5.32 Å². The lowest BCUT2D eigenvalue weighted by atomic mass is 9.91. The minimum absolute atomic E-state index is 0.0114. The van der Waals surface area contributed by atoms with E-state index in [1.165, 1.54) is 32.1 Å². The van der Waals surface area contributed by atoms with Crippen molar-refractivity contribution in [3.8, 4) is 0 Å². The van der Waals surface area contributed by atoms with Gasteiger partial charge in [-0.2, -0.15) is 4.98 Å². The van der Waals surface area contributed by atoms with E-state index in [-0.39, 0.29) is 5.91 Å². The van der Waals surface area contributed by atoms with E-state index in [1.807, 2.05) is 0 Å². The highest BCUT2D eigenvalue weighted by Crippen LogP contribution is 2.28. The smallest absolute Gasteiger partial charge is 0.248 e. The number of aromatic nitrogens is 3. The summed E-state index contributed by atoms with van der Waals surface area (Å²) >= 11 is 0. The van der Waals surface area contributed by atoms with E-state index in [2.05, 4.69) is 45.2 Å². The number of nitrogens with one attached hydrogen (secondary N) is 4. The summed E-state index contributed by atoms with van der Waals surface area (Å²) in [4.78, 5) is 16.5. The average Bonchev–Trinajstić information content (AvgIpc) is 3.27. The maximum absolute atomic E-state index is 12.1. The Labute approximate surface area is 143 Å². The van der Waals surface area contributed by atoms with Crippen LogP contribution in [-0.2, 0) is 11.2 Å². The molecule has 7 nitrogen and oxygen atoms in total. The molecule has 2 fully saturated rings. The van der Waals surface area contributed by atoms with Gasteiger partial charge >= 0.3 is 0 Å². The molecular formula is C17H30N6O. The molecule has 0 aromatic carbocycles. The molecule has 2 atom stereocenters. The first kappa shape index (κ1) is 17.4. The van der Waals surface area contributed by atoms with Crippen molar-refractivity contribution >= 4 is 11.9 Å². The fraction of sp³-hybridized carbons (Fsp3) is 0.824. The zero-order valence-corrected chi connectivity index (χ0v) is 14.8. The molecule has 2 unspecified atom stereocenters. The molecule has 2 heterocycles. The third-order valence-electron chi connectivity index (χ3n) is 5.57. The number of H-pyrrole nitrogens is 1. The minimum atomic E-state index is -0.0114. The highest BCUT2D eigenvalue weighted by atomic mass is 16.1. The summed E-state index contributed by atoms with van der Waals surface area (Å²) in [5.74, 6) is 2.58. The number of carbonyl (C=O) groups excluding carboxylic acids is 1. The van der Waals surface area contributed by atoms with Crippen LogP contribution in [0.15, 0.2) is 0 Å².